The minimum absolute atomic E-state index is 0.216. The number of aromatic nitrogens is 2. The minimum atomic E-state index is -0.281. The molecule has 2 N–H and O–H groups in total. The number of nitrogens with zero attached hydrogens (tertiary/aromatic N) is 2. The number of amides is 2. The maximum Gasteiger partial charge on any atom is 0.257 e. The first-order chi connectivity index (χ1) is 14.1. The van der Waals surface area contributed by atoms with Crippen molar-refractivity contribution in [2.24, 2.45) is 0 Å². The van der Waals surface area contributed by atoms with Gasteiger partial charge in [-0.15, -0.1) is 10.2 Å². The van der Waals surface area contributed by atoms with Gasteiger partial charge >= 0.3 is 0 Å². The molecule has 0 fully saturated rings. The predicted molar refractivity (Wildman–Crippen MR) is 117 cm³/mol. The number of hydrogen-bond acceptors (Lipinski definition) is 5. The lowest BCUT2D eigenvalue weighted by atomic mass is 10.1. The summed E-state index contributed by atoms with van der Waals surface area (Å²) >= 11 is 1.40. The van der Waals surface area contributed by atoms with Gasteiger partial charge in [-0.2, -0.15) is 0 Å². The number of nitrogens with one attached hydrogen (secondary N) is 2. The monoisotopic (exact) mass is 408 g/mol. The Kier molecular flexibility index (Phi) is 7.08. The first-order valence-electron chi connectivity index (χ1n) is 9.67. The molecule has 0 atom stereocenters. The molecule has 0 saturated heterocycles. The minimum Gasteiger partial charge on any atom is -0.322 e. The summed E-state index contributed by atoms with van der Waals surface area (Å²) in [6, 6.07) is 14.2. The van der Waals surface area contributed by atoms with Crippen LogP contribution in [0.4, 0.5) is 10.8 Å². The lowest BCUT2D eigenvalue weighted by molar-refractivity contribution is 0.101. The number of anilines is 2. The van der Waals surface area contributed by atoms with E-state index in [1.54, 1.807) is 24.3 Å². The van der Waals surface area contributed by atoms with Crippen molar-refractivity contribution in [2.75, 3.05) is 10.6 Å². The highest BCUT2D eigenvalue weighted by atomic mass is 32.1. The lowest BCUT2D eigenvalue weighted by Crippen LogP contribution is -2.15. The molecule has 0 spiro atoms. The average Bonchev–Trinajstić information content (AvgIpc) is 3.17. The van der Waals surface area contributed by atoms with Crippen LogP contribution in [0.1, 0.15) is 57.5 Å². The third kappa shape index (κ3) is 5.71. The molecule has 2 aromatic carbocycles. The van der Waals surface area contributed by atoms with Crippen LogP contribution in [0.2, 0.25) is 0 Å². The van der Waals surface area contributed by atoms with Crippen molar-refractivity contribution in [1.29, 1.82) is 0 Å². The fourth-order valence-corrected chi connectivity index (χ4v) is 3.56. The zero-order chi connectivity index (χ0) is 20.6. The summed E-state index contributed by atoms with van der Waals surface area (Å²) in [6.07, 6.45) is 4.25. The van der Waals surface area contributed by atoms with Gasteiger partial charge in [0.15, 0.2) is 0 Å². The highest BCUT2D eigenvalue weighted by Gasteiger charge is 2.13. The Morgan fingerprint density at radius 1 is 0.931 bits per heavy atom. The van der Waals surface area contributed by atoms with Gasteiger partial charge in [-0.05, 0) is 43.2 Å². The Balaban J connectivity index is 1.67. The van der Waals surface area contributed by atoms with E-state index in [-0.39, 0.29) is 11.8 Å². The second kappa shape index (κ2) is 9.93. The fourth-order valence-electron chi connectivity index (χ4n) is 2.78. The molecule has 1 aromatic heterocycles. The van der Waals surface area contributed by atoms with Gasteiger partial charge in [-0.25, -0.2) is 0 Å². The summed E-state index contributed by atoms with van der Waals surface area (Å²) in [5.41, 5.74) is 2.48. The summed E-state index contributed by atoms with van der Waals surface area (Å²) < 4.78 is 0. The molecule has 7 heteroatoms. The van der Waals surface area contributed by atoms with Crippen LogP contribution < -0.4 is 10.6 Å². The fraction of sp³-hybridized carbons (Fsp3) is 0.273. The molecule has 3 aromatic rings. The maximum absolute atomic E-state index is 12.6. The summed E-state index contributed by atoms with van der Waals surface area (Å²) in [5.74, 6) is -0.497. The van der Waals surface area contributed by atoms with Crippen molar-refractivity contribution in [3.63, 3.8) is 0 Å². The SMILES string of the molecule is CCCCCc1nnc(NC(=O)c2ccc(C)c(NC(=O)c3ccccc3)c2)s1. The quantitative estimate of drug-likeness (QED) is 0.509. The highest BCUT2D eigenvalue weighted by molar-refractivity contribution is 7.15. The molecule has 3 rings (SSSR count). The molecule has 0 aliphatic heterocycles. The van der Waals surface area contributed by atoms with Crippen molar-refractivity contribution < 1.29 is 9.59 Å². The molecule has 6 nitrogen and oxygen atoms in total. The topological polar surface area (TPSA) is 84.0 Å². The summed E-state index contributed by atoms with van der Waals surface area (Å²) in [6.45, 7) is 4.04. The Bertz CT molecular complexity index is 985. The van der Waals surface area contributed by atoms with E-state index in [9.17, 15) is 9.59 Å². The standard InChI is InChI=1S/C22H24N4O2S/c1-3-4-6-11-19-25-26-22(29-19)24-21(28)17-13-12-15(2)18(14-17)23-20(27)16-9-7-5-8-10-16/h5,7-10,12-14H,3-4,6,11H2,1-2H3,(H,23,27)(H,24,26,28). The second-order valence-corrected chi connectivity index (χ2v) is 7.82. The van der Waals surface area contributed by atoms with Gasteiger partial charge in [0.1, 0.15) is 5.01 Å². The largest absolute Gasteiger partial charge is 0.322 e. The van der Waals surface area contributed by atoms with Crippen LogP contribution >= 0.6 is 11.3 Å². The number of benzene rings is 2. The molecule has 0 bridgehead atoms. The molecule has 0 aliphatic carbocycles. The highest BCUT2D eigenvalue weighted by Crippen LogP contribution is 2.21. The lowest BCUT2D eigenvalue weighted by Gasteiger charge is -2.10. The average molecular weight is 409 g/mol. The summed E-state index contributed by atoms with van der Waals surface area (Å²) in [7, 11) is 0. The number of rotatable bonds is 8. The van der Waals surface area contributed by atoms with Gasteiger partial charge in [0.2, 0.25) is 5.13 Å². The molecule has 2 amide bonds. The van der Waals surface area contributed by atoms with E-state index in [1.807, 2.05) is 31.2 Å². The predicted octanol–water partition coefficient (Wildman–Crippen LogP) is 5.08. The van der Waals surface area contributed by atoms with Crippen LogP contribution in [0.15, 0.2) is 48.5 Å². The van der Waals surface area contributed by atoms with Crippen molar-refractivity contribution >= 4 is 34.0 Å². The van der Waals surface area contributed by atoms with E-state index >= 15 is 0 Å². The third-order valence-corrected chi connectivity index (χ3v) is 5.36. The van der Waals surface area contributed by atoms with E-state index in [4.69, 9.17) is 0 Å². The smallest absolute Gasteiger partial charge is 0.257 e. The van der Waals surface area contributed by atoms with E-state index < -0.39 is 0 Å². The van der Waals surface area contributed by atoms with Crippen LogP contribution in [0, 0.1) is 6.92 Å². The molecular formula is C22H24N4O2S. The van der Waals surface area contributed by atoms with Crippen molar-refractivity contribution in [3.8, 4) is 0 Å². The van der Waals surface area contributed by atoms with Gasteiger partial charge in [0, 0.05) is 23.2 Å². The Hall–Kier alpha value is -3.06. The van der Waals surface area contributed by atoms with Crippen molar-refractivity contribution in [3.05, 3.63) is 70.2 Å². The van der Waals surface area contributed by atoms with Crippen LogP contribution in [0.3, 0.4) is 0 Å². The molecule has 150 valence electrons. The van der Waals surface area contributed by atoms with E-state index in [0.29, 0.717) is 21.9 Å². The number of hydrogen-bond donors (Lipinski definition) is 2. The van der Waals surface area contributed by atoms with Gasteiger partial charge in [0.25, 0.3) is 11.8 Å². The Labute approximate surface area is 174 Å². The maximum atomic E-state index is 12.6. The molecular weight excluding hydrogens is 384 g/mol. The van der Waals surface area contributed by atoms with E-state index in [2.05, 4.69) is 27.8 Å². The van der Waals surface area contributed by atoms with E-state index in [1.165, 1.54) is 11.3 Å². The second-order valence-electron chi connectivity index (χ2n) is 6.76. The molecule has 0 aliphatic rings. The number of carbonyl (C=O) groups is 2. The molecule has 1 heterocycles. The molecule has 0 saturated carbocycles. The number of carbonyl (C=O) groups excluding carboxylic acids is 2. The molecule has 0 radical (unpaired) electrons. The normalized spacial score (nSPS) is 10.6. The first kappa shape index (κ1) is 20.7. The zero-order valence-electron chi connectivity index (χ0n) is 16.6. The van der Waals surface area contributed by atoms with Crippen molar-refractivity contribution in [2.45, 2.75) is 39.5 Å². The summed E-state index contributed by atoms with van der Waals surface area (Å²) in [4.78, 5) is 25.0. The third-order valence-electron chi connectivity index (χ3n) is 4.47. The van der Waals surface area contributed by atoms with Gasteiger partial charge in [-0.1, -0.05) is 55.4 Å². The first-order valence-corrected chi connectivity index (χ1v) is 10.5. The van der Waals surface area contributed by atoms with Crippen LogP contribution in [0.25, 0.3) is 0 Å². The number of aryl methyl sites for hydroxylation is 2. The van der Waals surface area contributed by atoms with Crippen LogP contribution in [-0.2, 0) is 6.42 Å². The van der Waals surface area contributed by atoms with Crippen molar-refractivity contribution in [1.82, 2.24) is 10.2 Å². The van der Waals surface area contributed by atoms with Crippen LogP contribution in [0.5, 0.6) is 0 Å². The number of unbranched alkanes of at least 4 members (excludes halogenated alkanes) is 2. The van der Waals surface area contributed by atoms with Gasteiger partial charge < -0.3 is 5.32 Å². The Morgan fingerprint density at radius 3 is 2.45 bits per heavy atom. The van der Waals surface area contributed by atoms with E-state index in [0.717, 1.165) is 36.3 Å². The van der Waals surface area contributed by atoms with Gasteiger partial charge in [-0.3, -0.25) is 14.9 Å². The van der Waals surface area contributed by atoms with Crippen LogP contribution in [-0.4, -0.2) is 22.0 Å². The molecule has 0 unspecified atom stereocenters. The molecule has 29 heavy (non-hydrogen) atoms. The van der Waals surface area contributed by atoms with Gasteiger partial charge in [0.05, 0.1) is 0 Å². The Morgan fingerprint density at radius 2 is 1.69 bits per heavy atom. The summed E-state index contributed by atoms with van der Waals surface area (Å²) in [5, 5.41) is 15.3. The zero-order valence-corrected chi connectivity index (χ0v) is 17.4.